The molecule has 2 heterocycles. The zero-order valence-electron chi connectivity index (χ0n) is 9.05. The average molecular weight is 267 g/mol. The number of rotatable bonds is 2. The fourth-order valence-corrected chi connectivity index (χ4v) is 1.44. The average Bonchev–Trinajstić information content (AvgIpc) is 2.30. The van der Waals surface area contributed by atoms with E-state index in [-0.39, 0.29) is 24.8 Å². The number of hydrogen-bond donors (Lipinski definition) is 1. The lowest BCUT2D eigenvalue weighted by Crippen LogP contribution is -2.44. The molecule has 7 heteroatoms. The second-order valence-electron chi connectivity index (χ2n) is 3.16. The topological polar surface area (TPSA) is 50.3 Å². The van der Waals surface area contributed by atoms with Gasteiger partial charge in [0.15, 0.2) is 5.75 Å². The van der Waals surface area contributed by atoms with Crippen LogP contribution in [-0.2, 0) is 0 Å². The molecule has 92 valence electrons. The van der Waals surface area contributed by atoms with E-state index in [1.165, 1.54) is 0 Å². The second-order valence-corrected chi connectivity index (χ2v) is 3.16. The highest BCUT2D eigenvalue weighted by Gasteiger charge is 2.12. The molecule has 0 amide bonds. The van der Waals surface area contributed by atoms with Crippen LogP contribution in [0.4, 0.5) is 5.95 Å². The molecule has 0 radical (unpaired) electrons. The third-order valence-corrected chi connectivity index (χ3v) is 2.25. The van der Waals surface area contributed by atoms with Crippen molar-refractivity contribution in [2.45, 2.75) is 0 Å². The van der Waals surface area contributed by atoms with Crippen LogP contribution in [0, 0.1) is 0 Å². The Kier molecular flexibility index (Phi) is 7.12. The van der Waals surface area contributed by atoms with Gasteiger partial charge in [0.2, 0.25) is 5.95 Å². The van der Waals surface area contributed by atoms with Crippen LogP contribution in [-0.4, -0.2) is 43.3 Å². The molecule has 16 heavy (non-hydrogen) atoms. The smallest absolute Gasteiger partial charge is 0.225 e. The van der Waals surface area contributed by atoms with Gasteiger partial charge < -0.3 is 15.0 Å². The number of methoxy groups -OCH3 is 1. The zero-order chi connectivity index (χ0) is 9.80. The lowest BCUT2D eigenvalue weighted by molar-refractivity contribution is 0.410. The quantitative estimate of drug-likeness (QED) is 0.856. The number of hydrogen-bond acceptors (Lipinski definition) is 5. The highest BCUT2D eigenvalue weighted by molar-refractivity contribution is 5.85. The van der Waals surface area contributed by atoms with Gasteiger partial charge in [-0.1, -0.05) is 0 Å². The Labute approximate surface area is 107 Å². The summed E-state index contributed by atoms with van der Waals surface area (Å²) in [6.07, 6.45) is 3.40. The minimum Gasteiger partial charge on any atom is -0.494 e. The summed E-state index contributed by atoms with van der Waals surface area (Å²) in [7, 11) is 1.61. The van der Waals surface area contributed by atoms with Crippen molar-refractivity contribution in [3.8, 4) is 5.75 Å². The van der Waals surface area contributed by atoms with E-state index in [0.29, 0.717) is 5.75 Å². The van der Waals surface area contributed by atoms with Crippen LogP contribution >= 0.6 is 24.8 Å². The summed E-state index contributed by atoms with van der Waals surface area (Å²) in [5.41, 5.74) is 0. The van der Waals surface area contributed by atoms with Crippen LogP contribution < -0.4 is 15.0 Å². The van der Waals surface area contributed by atoms with Gasteiger partial charge in [-0.05, 0) is 0 Å². The molecule has 5 nitrogen and oxygen atoms in total. The second kappa shape index (κ2) is 7.49. The summed E-state index contributed by atoms with van der Waals surface area (Å²) < 4.78 is 5.00. The van der Waals surface area contributed by atoms with Gasteiger partial charge in [-0.25, -0.2) is 9.97 Å². The van der Waals surface area contributed by atoms with E-state index in [9.17, 15) is 0 Å². The number of anilines is 1. The summed E-state index contributed by atoms with van der Waals surface area (Å²) >= 11 is 0. The van der Waals surface area contributed by atoms with Crippen molar-refractivity contribution >= 4 is 30.8 Å². The first kappa shape index (κ1) is 15.2. The standard InChI is InChI=1S/C9H14N4O.2ClH/c1-14-8-6-11-9(12-7-8)13-4-2-10-3-5-13;;/h6-7,10H,2-5H2,1H3;2*1H. The molecular weight excluding hydrogens is 251 g/mol. The molecule has 0 atom stereocenters. The maximum absolute atomic E-state index is 5.00. The van der Waals surface area contributed by atoms with Gasteiger partial charge in [0.1, 0.15) is 0 Å². The first-order valence-electron chi connectivity index (χ1n) is 4.72. The maximum atomic E-state index is 5.00. The van der Waals surface area contributed by atoms with Crippen molar-refractivity contribution in [3.63, 3.8) is 0 Å². The van der Waals surface area contributed by atoms with Crippen LogP contribution in [0.1, 0.15) is 0 Å². The molecule has 1 aliphatic heterocycles. The molecule has 0 spiro atoms. The summed E-state index contributed by atoms with van der Waals surface area (Å²) in [4.78, 5) is 10.6. The predicted octanol–water partition coefficient (Wildman–Crippen LogP) is 0.738. The van der Waals surface area contributed by atoms with Gasteiger partial charge in [0.25, 0.3) is 0 Å². The molecule has 1 saturated heterocycles. The third kappa shape index (κ3) is 3.66. The van der Waals surface area contributed by atoms with E-state index in [1.807, 2.05) is 0 Å². The molecule has 0 aromatic carbocycles. The summed E-state index contributed by atoms with van der Waals surface area (Å²) in [6.45, 7) is 3.92. The zero-order valence-corrected chi connectivity index (χ0v) is 10.7. The van der Waals surface area contributed by atoms with E-state index in [4.69, 9.17) is 4.74 Å². The Morgan fingerprint density at radius 1 is 1.19 bits per heavy atom. The summed E-state index contributed by atoms with van der Waals surface area (Å²) in [5, 5.41) is 3.29. The van der Waals surface area contributed by atoms with Crippen molar-refractivity contribution in [1.82, 2.24) is 15.3 Å². The van der Waals surface area contributed by atoms with Gasteiger partial charge in [-0.3, -0.25) is 0 Å². The number of nitrogens with one attached hydrogen (secondary N) is 1. The number of nitrogens with zero attached hydrogens (tertiary/aromatic N) is 3. The van der Waals surface area contributed by atoms with Crippen LogP contribution in [0.3, 0.4) is 0 Å². The van der Waals surface area contributed by atoms with Gasteiger partial charge in [-0.15, -0.1) is 24.8 Å². The van der Waals surface area contributed by atoms with E-state index < -0.39 is 0 Å². The molecule has 1 fully saturated rings. The van der Waals surface area contributed by atoms with Crippen molar-refractivity contribution in [2.24, 2.45) is 0 Å². The summed E-state index contributed by atoms with van der Waals surface area (Å²) in [6, 6.07) is 0. The van der Waals surface area contributed by atoms with Gasteiger partial charge in [0, 0.05) is 26.2 Å². The van der Waals surface area contributed by atoms with E-state index in [0.717, 1.165) is 32.1 Å². The highest BCUT2D eigenvalue weighted by Crippen LogP contribution is 2.11. The van der Waals surface area contributed by atoms with Crippen LogP contribution in [0.15, 0.2) is 12.4 Å². The molecule has 0 saturated carbocycles. The molecule has 1 aromatic rings. The molecule has 1 aliphatic rings. The Hall–Kier alpha value is -0.780. The maximum Gasteiger partial charge on any atom is 0.225 e. The van der Waals surface area contributed by atoms with Crippen LogP contribution in [0.5, 0.6) is 5.75 Å². The lowest BCUT2D eigenvalue weighted by atomic mass is 10.4. The van der Waals surface area contributed by atoms with Gasteiger partial charge in [-0.2, -0.15) is 0 Å². The Morgan fingerprint density at radius 2 is 1.75 bits per heavy atom. The van der Waals surface area contributed by atoms with E-state index >= 15 is 0 Å². The van der Waals surface area contributed by atoms with Crippen LogP contribution in [0.2, 0.25) is 0 Å². The van der Waals surface area contributed by atoms with Gasteiger partial charge in [0.05, 0.1) is 19.5 Å². The number of ether oxygens (including phenoxy) is 1. The SMILES string of the molecule is COc1cnc(N2CCNCC2)nc1.Cl.Cl. The molecule has 0 bridgehead atoms. The first-order chi connectivity index (χ1) is 6.90. The normalized spacial score (nSPS) is 14.7. The fraction of sp³-hybridized carbons (Fsp3) is 0.556. The predicted molar refractivity (Wildman–Crippen MR) is 68.2 cm³/mol. The third-order valence-electron chi connectivity index (χ3n) is 2.25. The molecular formula is C9H16Cl2N4O. The van der Waals surface area contributed by atoms with Crippen molar-refractivity contribution < 1.29 is 4.74 Å². The minimum atomic E-state index is 0. The van der Waals surface area contributed by atoms with Crippen LogP contribution in [0.25, 0.3) is 0 Å². The Balaban J connectivity index is 0.00000112. The fourth-order valence-electron chi connectivity index (χ4n) is 1.44. The monoisotopic (exact) mass is 266 g/mol. The van der Waals surface area contributed by atoms with E-state index in [2.05, 4.69) is 20.2 Å². The lowest BCUT2D eigenvalue weighted by Gasteiger charge is -2.27. The highest BCUT2D eigenvalue weighted by atomic mass is 35.5. The van der Waals surface area contributed by atoms with Crippen molar-refractivity contribution in [2.75, 3.05) is 38.2 Å². The Bertz CT molecular complexity index is 290. The van der Waals surface area contributed by atoms with Crippen molar-refractivity contribution in [1.29, 1.82) is 0 Å². The molecule has 2 rings (SSSR count). The Morgan fingerprint density at radius 3 is 2.25 bits per heavy atom. The number of piperazine rings is 1. The molecule has 1 N–H and O–H groups in total. The van der Waals surface area contributed by atoms with Crippen molar-refractivity contribution in [3.05, 3.63) is 12.4 Å². The molecule has 0 aliphatic carbocycles. The molecule has 1 aromatic heterocycles. The largest absolute Gasteiger partial charge is 0.494 e. The summed E-state index contributed by atoms with van der Waals surface area (Å²) in [5.74, 6) is 1.48. The minimum absolute atomic E-state index is 0. The number of aromatic nitrogens is 2. The first-order valence-corrected chi connectivity index (χ1v) is 4.72. The van der Waals surface area contributed by atoms with Gasteiger partial charge >= 0.3 is 0 Å². The molecule has 0 unspecified atom stereocenters. The number of halogens is 2. The van der Waals surface area contributed by atoms with E-state index in [1.54, 1.807) is 19.5 Å².